The van der Waals surface area contributed by atoms with Crippen molar-refractivity contribution in [3.8, 4) is 11.5 Å². The van der Waals surface area contributed by atoms with Crippen LogP contribution in [0.5, 0.6) is 11.5 Å². The van der Waals surface area contributed by atoms with Crippen molar-refractivity contribution >= 4 is 40.5 Å². The molecule has 0 radical (unpaired) electrons. The Morgan fingerprint density at radius 2 is 1.46 bits per heavy atom. The van der Waals surface area contributed by atoms with E-state index in [4.69, 9.17) is 21.7 Å². The summed E-state index contributed by atoms with van der Waals surface area (Å²) in [5, 5.41) is 8.59. The summed E-state index contributed by atoms with van der Waals surface area (Å²) in [5.41, 5.74) is 1.87. The summed E-state index contributed by atoms with van der Waals surface area (Å²) in [4.78, 5) is 25.9. The molecule has 7 nitrogen and oxygen atoms in total. The van der Waals surface area contributed by atoms with Gasteiger partial charge in [0.15, 0.2) is 5.11 Å². The van der Waals surface area contributed by atoms with E-state index in [1.54, 1.807) is 66.7 Å². The van der Waals surface area contributed by atoms with Crippen LogP contribution in [0, 0.1) is 0 Å². The first-order valence-corrected chi connectivity index (χ1v) is 12.9. The molecule has 0 heterocycles. The van der Waals surface area contributed by atoms with Gasteiger partial charge in [0, 0.05) is 5.69 Å². The highest BCUT2D eigenvalue weighted by molar-refractivity contribution is 7.80. The zero-order valence-electron chi connectivity index (χ0n) is 21.2. The average molecular weight is 520 g/mol. The molecule has 0 aliphatic rings. The highest BCUT2D eigenvalue weighted by Gasteiger charge is 2.16. The Bertz CT molecular complexity index is 1200. The number of carbonyl (C=O) groups excluding carboxylic acids is 2. The average Bonchev–Trinajstić information content (AvgIpc) is 2.90. The van der Waals surface area contributed by atoms with E-state index >= 15 is 0 Å². The molecular formula is C29H33N3O4S. The molecule has 0 bridgehead atoms. The third-order valence-electron chi connectivity index (χ3n) is 5.46. The summed E-state index contributed by atoms with van der Waals surface area (Å²) in [7, 11) is 0. The molecule has 0 fully saturated rings. The summed E-state index contributed by atoms with van der Waals surface area (Å²) in [6.07, 6.45) is 4.32. The molecule has 3 N–H and O–H groups in total. The molecule has 3 aromatic carbocycles. The number of carbonyl (C=O) groups is 2. The van der Waals surface area contributed by atoms with Crippen LogP contribution in [0.25, 0.3) is 0 Å². The number of benzene rings is 3. The second-order valence-corrected chi connectivity index (χ2v) is 8.68. The minimum atomic E-state index is -0.391. The lowest BCUT2D eigenvalue weighted by Crippen LogP contribution is -2.35. The fraction of sp³-hybridized carbons (Fsp3) is 0.276. The Hall–Kier alpha value is -3.91. The van der Waals surface area contributed by atoms with Crippen LogP contribution in [0.3, 0.4) is 0 Å². The fourth-order valence-electron chi connectivity index (χ4n) is 3.60. The quantitative estimate of drug-likeness (QED) is 0.189. The van der Waals surface area contributed by atoms with Gasteiger partial charge in [0.25, 0.3) is 11.8 Å². The van der Waals surface area contributed by atoms with Gasteiger partial charge in [-0.05, 0) is 74.1 Å². The molecule has 0 aliphatic carbocycles. The number of hydrogen-bond acceptors (Lipinski definition) is 5. The summed E-state index contributed by atoms with van der Waals surface area (Å²) < 4.78 is 11.3. The van der Waals surface area contributed by atoms with Crippen molar-refractivity contribution < 1.29 is 19.1 Å². The Labute approximate surface area is 223 Å². The van der Waals surface area contributed by atoms with Crippen LogP contribution in [0.15, 0.2) is 72.8 Å². The zero-order valence-corrected chi connectivity index (χ0v) is 22.0. The van der Waals surface area contributed by atoms with Gasteiger partial charge in [0.2, 0.25) is 0 Å². The standard InChI is InChI=1S/C29H33N3O4S/c1-3-5-6-11-20-36-26-15-10-8-13-24(26)28(34)32-29(37)31-25-14-9-7-12-23(25)27(33)30-21-16-18-22(19-17-21)35-4-2/h7-10,12-19H,3-6,11,20H2,1-2H3,(H,30,33)(H2,31,32,34,37). The third kappa shape index (κ3) is 8.61. The molecular weight excluding hydrogens is 486 g/mol. The van der Waals surface area contributed by atoms with E-state index in [1.165, 1.54) is 0 Å². The molecule has 37 heavy (non-hydrogen) atoms. The molecule has 0 saturated heterocycles. The maximum atomic E-state index is 13.0. The van der Waals surface area contributed by atoms with Crippen molar-refractivity contribution in [2.75, 3.05) is 23.8 Å². The van der Waals surface area contributed by atoms with E-state index in [9.17, 15) is 9.59 Å². The molecule has 0 saturated carbocycles. The van der Waals surface area contributed by atoms with Crippen molar-refractivity contribution in [2.45, 2.75) is 39.5 Å². The lowest BCUT2D eigenvalue weighted by molar-refractivity contribution is 0.0972. The van der Waals surface area contributed by atoms with E-state index in [0.717, 1.165) is 31.4 Å². The van der Waals surface area contributed by atoms with E-state index in [0.29, 0.717) is 41.5 Å². The Morgan fingerprint density at radius 1 is 0.757 bits per heavy atom. The second kappa shape index (κ2) is 14.6. The number of amides is 2. The van der Waals surface area contributed by atoms with Crippen LogP contribution in [0.2, 0.25) is 0 Å². The summed E-state index contributed by atoms with van der Waals surface area (Å²) in [6, 6.07) is 21.1. The number of hydrogen-bond donors (Lipinski definition) is 3. The van der Waals surface area contributed by atoms with Gasteiger partial charge in [-0.25, -0.2) is 0 Å². The minimum Gasteiger partial charge on any atom is -0.494 e. The maximum Gasteiger partial charge on any atom is 0.261 e. The third-order valence-corrected chi connectivity index (χ3v) is 5.66. The number of unbranched alkanes of at least 4 members (excludes halogenated alkanes) is 3. The van der Waals surface area contributed by atoms with Crippen LogP contribution in [-0.4, -0.2) is 30.1 Å². The monoisotopic (exact) mass is 519 g/mol. The van der Waals surface area contributed by atoms with Crippen LogP contribution in [-0.2, 0) is 0 Å². The fourth-order valence-corrected chi connectivity index (χ4v) is 3.81. The van der Waals surface area contributed by atoms with E-state index in [1.807, 2.05) is 13.0 Å². The predicted octanol–water partition coefficient (Wildman–Crippen LogP) is 6.42. The van der Waals surface area contributed by atoms with Crippen molar-refractivity contribution in [3.63, 3.8) is 0 Å². The summed E-state index contributed by atoms with van der Waals surface area (Å²) >= 11 is 5.38. The Kier molecular flexibility index (Phi) is 10.9. The first-order chi connectivity index (χ1) is 18.0. The largest absolute Gasteiger partial charge is 0.494 e. The van der Waals surface area contributed by atoms with Crippen molar-refractivity contribution in [3.05, 3.63) is 83.9 Å². The molecule has 0 spiro atoms. The van der Waals surface area contributed by atoms with E-state index < -0.39 is 5.91 Å². The number of rotatable bonds is 12. The summed E-state index contributed by atoms with van der Waals surface area (Å²) in [5.74, 6) is 0.530. The van der Waals surface area contributed by atoms with Crippen molar-refractivity contribution in [1.82, 2.24) is 5.32 Å². The van der Waals surface area contributed by atoms with Gasteiger partial charge in [-0.3, -0.25) is 14.9 Å². The van der Waals surface area contributed by atoms with Gasteiger partial charge in [0.05, 0.1) is 30.0 Å². The van der Waals surface area contributed by atoms with Crippen LogP contribution >= 0.6 is 12.2 Å². The molecule has 2 amide bonds. The molecule has 0 atom stereocenters. The first kappa shape index (κ1) is 27.7. The second-order valence-electron chi connectivity index (χ2n) is 8.27. The van der Waals surface area contributed by atoms with Crippen LogP contribution in [0.1, 0.15) is 60.2 Å². The highest BCUT2D eigenvalue weighted by atomic mass is 32.1. The number of ether oxygens (including phenoxy) is 2. The normalized spacial score (nSPS) is 10.3. The first-order valence-electron chi connectivity index (χ1n) is 12.5. The predicted molar refractivity (Wildman–Crippen MR) is 152 cm³/mol. The van der Waals surface area contributed by atoms with E-state index in [2.05, 4.69) is 22.9 Å². The van der Waals surface area contributed by atoms with Gasteiger partial charge in [-0.15, -0.1) is 0 Å². The number of para-hydroxylation sites is 2. The SMILES string of the molecule is CCCCCCOc1ccccc1C(=O)NC(=S)Nc1ccccc1C(=O)Nc1ccc(OCC)cc1. The van der Waals surface area contributed by atoms with Gasteiger partial charge in [-0.2, -0.15) is 0 Å². The smallest absolute Gasteiger partial charge is 0.261 e. The van der Waals surface area contributed by atoms with Gasteiger partial charge >= 0.3 is 0 Å². The number of anilines is 2. The lowest BCUT2D eigenvalue weighted by atomic mass is 10.1. The summed E-state index contributed by atoms with van der Waals surface area (Å²) in [6.45, 7) is 5.18. The zero-order chi connectivity index (χ0) is 26.5. The highest BCUT2D eigenvalue weighted by Crippen LogP contribution is 2.21. The van der Waals surface area contributed by atoms with Gasteiger partial charge in [-0.1, -0.05) is 50.5 Å². The molecule has 0 aliphatic heterocycles. The number of nitrogens with one attached hydrogen (secondary N) is 3. The van der Waals surface area contributed by atoms with Gasteiger partial charge < -0.3 is 20.1 Å². The topological polar surface area (TPSA) is 88.7 Å². The molecule has 3 rings (SSSR count). The van der Waals surface area contributed by atoms with Gasteiger partial charge in [0.1, 0.15) is 11.5 Å². The lowest BCUT2D eigenvalue weighted by Gasteiger charge is -2.15. The van der Waals surface area contributed by atoms with Crippen molar-refractivity contribution in [2.24, 2.45) is 0 Å². The molecule has 0 aromatic heterocycles. The van der Waals surface area contributed by atoms with E-state index in [-0.39, 0.29) is 11.0 Å². The minimum absolute atomic E-state index is 0.0732. The van der Waals surface area contributed by atoms with Crippen LogP contribution in [0.4, 0.5) is 11.4 Å². The Balaban J connectivity index is 1.61. The Morgan fingerprint density at radius 3 is 2.19 bits per heavy atom. The molecule has 0 unspecified atom stereocenters. The molecule has 3 aromatic rings. The molecule has 194 valence electrons. The maximum absolute atomic E-state index is 13.0. The molecule has 8 heteroatoms. The van der Waals surface area contributed by atoms with Crippen LogP contribution < -0.4 is 25.4 Å². The number of thiocarbonyl (C=S) groups is 1. The van der Waals surface area contributed by atoms with Crippen molar-refractivity contribution in [1.29, 1.82) is 0 Å².